The van der Waals surface area contributed by atoms with Crippen LogP contribution in [0.2, 0.25) is 0 Å². The first kappa shape index (κ1) is 14.4. The lowest BCUT2D eigenvalue weighted by Crippen LogP contribution is -2.37. The van der Waals surface area contributed by atoms with E-state index in [2.05, 4.69) is 0 Å². The molecule has 0 aromatic rings. The normalized spacial score (nSPS) is 11.5. The molecule has 0 fully saturated rings. The van der Waals surface area contributed by atoms with E-state index in [-0.39, 0.29) is 18.1 Å². The largest absolute Gasteiger partial charge is 0.395 e. The van der Waals surface area contributed by atoms with Crippen molar-refractivity contribution in [2.24, 2.45) is 5.73 Å². The summed E-state index contributed by atoms with van der Waals surface area (Å²) in [6.45, 7) is 7.01. The highest BCUT2D eigenvalue weighted by atomic mass is 16.3. The summed E-state index contributed by atoms with van der Waals surface area (Å²) in [5.74, 6) is 0.0874. The number of hydrogen-bond donors (Lipinski definition) is 2. The van der Waals surface area contributed by atoms with Gasteiger partial charge < -0.3 is 15.7 Å². The van der Waals surface area contributed by atoms with Gasteiger partial charge in [-0.2, -0.15) is 0 Å². The monoisotopic (exact) mass is 216 g/mol. The summed E-state index contributed by atoms with van der Waals surface area (Å²) >= 11 is 0. The van der Waals surface area contributed by atoms with Crippen LogP contribution in [0.15, 0.2) is 0 Å². The molecule has 0 aromatic heterocycles. The van der Waals surface area contributed by atoms with Crippen LogP contribution in [0.4, 0.5) is 0 Å². The van der Waals surface area contributed by atoms with Gasteiger partial charge in [-0.25, -0.2) is 0 Å². The number of carbonyl (C=O) groups is 1. The van der Waals surface area contributed by atoms with Crippen molar-refractivity contribution < 1.29 is 9.90 Å². The van der Waals surface area contributed by atoms with Gasteiger partial charge in [-0.3, -0.25) is 4.79 Å². The second-order valence-electron chi connectivity index (χ2n) is 4.59. The van der Waals surface area contributed by atoms with Crippen molar-refractivity contribution in [3.05, 3.63) is 0 Å². The number of amides is 1. The third-order valence-corrected chi connectivity index (χ3v) is 2.20. The predicted molar refractivity (Wildman–Crippen MR) is 61.5 cm³/mol. The zero-order valence-corrected chi connectivity index (χ0v) is 10.1. The molecule has 0 aliphatic rings. The Morgan fingerprint density at radius 1 is 1.40 bits per heavy atom. The Hall–Kier alpha value is -0.610. The lowest BCUT2D eigenvalue weighted by Gasteiger charge is -2.24. The molecule has 4 nitrogen and oxygen atoms in total. The van der Waals surface area contributed by atoms with Crippen LogP contribution in [-0.4, -0.2) is 41.1 Å². The first-order valence-corrected chi connectivity index (χ1v) is 5.58. The number of aliphatic hydroxyl groups excluding tert-OH is 1. The fourth-order valence-corrected chi connectivity index (χ4v) is 1.34. The molecule has 0 unspecified atom stereocenters. The molecule has 0 heterocycles. The summed E-state index contributed by atoms with van der Waals surface area (Å²) in [5, 5.41) is 8.82. The van der Waals surface area contributed by atoms with E-state index in [1.165, 1.54) is 0 Å². The molecule has 3 N–H and O–H groups in total. The third kappa shape index (κ3) is 7.33. The van der Waals surface area contributed by atoms with Crippen molar-refractivity contribution in [2.75, 3.05) is 19.7 Å². The lowest BCUT2D eigenvalue weighted by molar-refractivity contribution is -0.132. The first-order valence-electron chi connectivity index (χ1n) is 5.58. The van der Waals surface area contributed by atoms with Gasteiger partial charge in [0.2, 0.25) is 5.91 Å². The van der Waals surface area contributed by atoms with Crippen LogP contribution in [0.25, 0.3) is 0 Å². The standard InChI is InChI=1S/C11H24N2O2/c1-4-7-13(8-9-14)10(15)5-6-11(2,3)12/h14H,4-9,12H2,1-3H3. The quantitative estimate of drug-likeness (QED) is 0.659. The van der Waals surface area contributed by atoms with Crippen LogP contribution in [0, 0.1) is 0 Å². The van der Waals surface area contributed by atoms with Crippen LogP contribution in [0.1, 0.15) is 40.0 Å². The van der Waals surface area contributed by atoms with Crippen LogP contribution in [-0.2, 0) is 4.79 Å². The van der Waals surface area contributed by atoms with Crippen molar-refractivity contribution in [3.8, 4) is 0 Å². The maximum Gasteiger partial charge on any atom is 0.222 e. The minimum Gasteiger partial charge on any atom is -0.395 e. The molecule has 0 radical (unpaired) electrons. The van der Waals surface area contributed by atoms with E-state index in [4.69, 9.17) is 10.8 Å². The summed E-state index contributed by atoms with van der Waals surface area (Å²) in [7, 11) is 0. The molecule has 0 aliphatic carbocycles. The molecule has 0 atom stereocenters. The van der Waals surface area contributed by atoms with E-state index in [1.807, 2.05) is 20.8 Å². The topological polar surface area (TPSA) is 66.6 Å². The van der Waals surface area contributed by atoms with Gasteiger partial charge in [-0.1, -0.05) is 6.92 Å². The SMILES string of the molecule is CCCN(CCO)C(=O)CCC(C)(C)N. The van der Waals surface area contributed by atoms with Crippen LogP contribution >= 0.6 is 0 Å². The Morgan fingerprint density at radius 2 is 2.00 bits per heavy atom. The molecule has 0 spiro atoms. The fourth-order valence-electron chi connectivity index (χ4n) is 1.34. The maximum atomic E-state index is 11.7. The number of carbonyl (C=O) groups excluding carboxylic acids is 1. The number of rotatable bonds is 7. The molecule has 0 rings (SSSR count). The summed E-state index contributed by atoms with van der Waals surface area (Å²) in [5.41, 5.74) is 5.51. The Labute approximate surface area is 92.4 Å². The van der Waals surface area contributed by atoms with E-state index in [0.717, 1.165) is 6.42 Å². The highest BCUT2D eigenvalue weighted by Crippen LogP contribution is 2.09. The molecule has 4 heteroatoms. The van der Waals surface area contributed by atoms with Crippen molar-refractivity contribution in [1.29, 1.82) is 0 Å². The van der Waals surface area contributed by atoms with E-state index in [1.54, 1.807) is 4.90 Å². The van der Waals surface area contributed by atoms with E-state index in [0.29, 0.717) is 25.9 Å². The number of nitrogens with zero attached hydrogens (tertiary/aromatic N) is 1. The number of aliphatic hydroxyl groups is 1. The average molecular weight is 216 g/mol. The predicted octanol–water partition coefficient (Wildman–Crippen LogP) is 0.735. The van der Waals surface area contributed by atoms with Gasteiger partial charge in [0, 0.05) is 25.0 Å². The Bertz CT molecular complexity index is 182. The molecule has 0 aromatic carbocycles. The van der Waals surface area contributed by atoms with Gasteiger partial charge in [-0.15, -0.1) is 0 Å². The highest BCUT2D eigenvalue weighted by Gasteiger charge is 2.17. The molecule has 1 amide bonds. The van der Waals surface area contributed by atoms with Gasteiger partial charge in [-0.05, 0) is 26.7 Å². The summed E-state index contributed by atoms with van der Waals surface area (Å²) in [6.07, 6.45) is 2.05. The van der Waals surface area contributed by atoms with E-state index >= 15 is 0 Å². The van der Waals surface area contributed by atoms with Crippen LogP contribution in [0.5, 0.6) is 0 Å². The highest BCUT2D eigenvalue weighted by molar-refractivity contribution is 5.76. The molecule has 15 heavy (non-hydrogen) atoms. The molecule has 90 valence electrons. The third-order valence-electron chi connectivity index (χ3n) is 2.20. The van der Waals surface area contributed by atoms with Gasteiger partial charge >= 0.3 is 0 Å². The van der Waals surface area contributed by atoms with Crippen molar-refractivity contribution in [1.82, 2.24) is 4.90 Å². The summed E-state index contributed by atoms with van der Waals surface area (Å²) in [6, 6.07) is 0. The molecule has 0 saturated heterocycles. The minimum absolute atomic E-state index is 0.0256. The maximum absolute atomic E-state index is 11.7. The lowest BCUT2D eigenvalue weighted by atomic mass is 10.00. The average Bonchev–Trinajstić information content (AvgIpc) is 2.13. The van der Waals surface area contributed by atoms with E-state index in [9.17, 15) is 4.79 Å². The number of hydrogen-bond acceptors (Lipinski definition) is 3. The second-order valence-corrected chi connectivity index (χ2v) is 4.59. The first-order chi connectivity index (χ1) is 6.90. The molecular weight excluding hydrogens is 192 g/mol. The van der Waals surface area contributed by atoms with Crippen molar-refractivity contribution in [2.45, 2.75) is 45.6 Å². The Balaban J connectivity index is 4.02. The fraction of sp³-hybridized carbons (Fsp3) is 0.909. The minimum atomic E-state index is -0.299. The number of nitrogens with two attached hydrogens (primary N) is 1. The molecular formula is C11H24N2O2. The Kier molecular flexibility index (Phi) is 6.52. The zero-order valence-electron chi connectivity index (χ0n) is 10.1. The zero-order chi connectivity index (χ0) is 11.9. The summed E-state index contributed by atoms with van der Waals surface area (Å²) < 4.78 is 0. The van der Waals surface area contributed by atoms with Gasteiger partial charge in [0.25, 0.3) is 0 Å². The van der Waals surface area contributed by atoms with Gasteiger partial charge in [0.1, 0.15) is 0 Å². The molecule has 0 saturated carbocycles. The molecule has 0 bridgehead atoms. The summed E-state index contributed by atoms with van der Waals surface area (Å²) in [4.78, 5) is 13.4. The van der Waals surface area contributed by atoms with Gasteiger partial charge in [0.05, 0.1) is 6.61 Å². The van der Waals surface area contributed by atoms with Crippen LogP contribution in [0.3, 0.4) is 0 Å². The van der Waals surface area contributed by atoms with Crippen molar-refractivity contribution >= 4 is 5.91 Å². The second kappa shape index (κ2) is 6.80. The smallest absolute Gasteiger partial charge is 0.222 e. The van der Waals surface area contributed by atoms with Crippen LogP contribution < -0.4 is 5.73 Å². The van der Waals surface area contributed by atoms with Gasteiger partial charge in [0.15, 0.2) is 0 Å². The van der Waals surface area contributed by atoms with Crippen molar-refractivity contribution in [3.63, 3.8) is 0 Å². The van der Waals surface area contributed by atoms with E-state index < -0.39 is 0 Å². The Morgan fingerprint density at radius 3 is 2.40 bits per heavy atom. The molecule has 0 aliphatic heterocycles.